The molecule has 1 saturated heterocycles. The summed E-state index contributed by atoms with van der Waals surface area (Å²) in [6.07, 6.45) is 3.24. The van der Waals surface area contributed by atoms with Crippen molar-refractivity contribution in [1.29, 1.82) is 0 Å². The van der Waals surface area contributed by atoms with E-state index in [-0.39, 0.29) is 25.6 Å². The second-order valence-electron chi connectivity index (χ2n) is 6.50. The number of aromatic nitrogens is 2. The molecule has 1 N–H and O–H groups in total. The Labute approximate surface area is 165 Å². The molecule has 0 spiro atoms. The number of ether oxygens (including phenoxy) is 1. The number of rotatable bonds is 6. The molecule has 3 rings (SSSR count). The van der Waals surface area contributed by atoms with E-state index in [9.17, 15) is 19.2 Å². The van der Waals surface area contributed by atoms with Crippen LogP contribution in [0.2, 0.25) is 0 Å². The van der Waals surface area contributed by atoms with Crippen LogP contribution in [0.25, 0.3) is 10.2 Å². The third-order valence-corrected chi connectivity index (χ3v) is 5.77. The summed E-state index contributed by atoms with van der Waals surface area (Å²) in [6, 6.07) is 0. The van der Waals surface area contributed by atoms with E-state index in [0.717, 1.165) is 37.3 Å². The lowest BCUT2D eigenvalue weighted by atomic mass is 10.2. The molecule has 0 atom stereocenters. The lowest BCUT2D eigenvalue weighted by Gasteiger charge is -2.15. The van der Waals surface area contributed by atoms with Gasteiger partial charge in [0.2, 0.25) is 11.8 Å². The number of nitrogens with one attached hydrogen (secondary N) is 1. The summed E-state index contributed by atoms with van der Waals surface area (Å²) >= 11 is 1.09. The van der Waals surface area contributed by atoms with Gasteiger partial charge in [-0.1, -0.05) is 0 Å². The molecule has 0 unspecified atom stereocenters. The number of esters is 1. The average molecular weight is 406 g/mol. The van der Waals surface area contributed by atoms with Gasteiger partial charge in [-0.15, -0.1) is 11.3 Å². The molecule has 0 aliphatic carbocycles. The van der Waals surface area contributed by atoms with Crippen molar-refractivity contribution in [3.63, 3.8) is 0 Å². The fourth-order valence-corrected chi connectivity index (χ4v) is 4.16. The van der Waals surface area contributed by atoms with Gasteiger partial charge in [-0.25, -0.2) is 9.78 Å². The van der Waals surface area contributed by atoms with Crippen LogP contribution in [0.5, 0.6) is 0 Å². The number of fused-ring (bicyclic) bond motifs is 1. The molecule has 2 aromatic heterocycles. The normalized spacial score (nSPS) is 13.7. The summed E-state index contributed by atoms with van der Waals surface area (Å²) in [5.41, 5.74) is 0.0882. The molecular weight excluding hydrogens is 384 g/mol. The van der Waals surface area contributed by atoms with Gasteiger partial charge in [0.15, 0.2) is 0 Å². The molecule has 0 bridgehead atoms. The largest absolute Gasteiger partial charge is 0.462 e. The number of hydrogen-bond acceptors (Lipinski definition) is 7. The van der Waals surface area contributed by atoms with Crippen molar-refractivity contribution in [3.05, 3.63) is 27.1 Å². The number of thiophene rings is 1. The summed E-state index contributed by atoms with van der Waals surface area (Å²) in [6.45, 7) is 4.70. The van der Waals surface area contributed by atoms with E-state index in [4.69, 9.17) is 4.74 Å². The lowest BCUT2D eigenvalue weighted by Crippen LogP contribution is -2.40. The van der Waals surface area contributed by atoms with E-state index in [1.807, 2.05) is 0 Å². The zero-order valence-electron chi connectivity index (χ0n) is 15.8. The number of likely N-dealkylation sites (tertiary alicyclic amines) is 1. The van der Waals surface area contributed by atoms with Gasteiger partial charge in [0.25, 0.3) is 5.56 Å². The van der Waals surface area contributed by atoms with Gasteiger partial charge < -0.3 is 15.0 Å². The van der Waals surface area contributed by atoms with Crippen molar-refractivity contribution in [3.8, 4) is 0 Å². The van der Waals surface area contributed by atoms with Crippen molar-refractivity contribution in [2.45, 2.75) is 33.2 Å². The van der Waals surface area contributed by atoms with Crippen LogP contribution in [0, 0.1) is 6.92 Å². The van der Waals surface area contributed by atoms with E-state index < -0.39 is 17.4 Å². The first-order chi connectivity index (χ1) is 13.4. The highest BCUT2D eigenvalue weighted by Crippen LogP contribution is 2.27. The van der Waals surface area contributed by atoms with E-state index >= 15 is 0 Å². The second-order valence-corrected chi connectivity index (χ2v) is 7.50. The predicted octanol–water partition coefficient (Wildman–Crippen LogP) is 0.682. The number of aryl methyl sites for hydroxylation is 1. The molecule has 3 heterocycles. The zero-order valence-corrected chi connectivity index (χ0v) is 16.6. The highest BCUT2D eigenvalue weighted by Gasteiger charge is 2.21. The molecule has 28 heavy (non-hydrogen) atoms. The lowest BCUT2D eigenvalue weighted by molar-refractivity contribution is -0.132. The zero-order chi connectivity index (χ0) is 20.3. The topological polar surface area (TPSA) is 111 Å². The molecule has 0 radical (unpaired) electrons. The summed E-state index contributed by atoms with van der Waals surface area (Å²) in [7, 11) is 0. The first-order valence-corrected chi connectivity index (χ1v) is 9.94. The summed E-state index contributed by atoms with van der Waals surface area (Å²) in [5, 5.41) is 2.85. The standard InChI is InChI=1S/C18H22N4O5S/c1-3-27-18(26)15-11(2)14-16(28-15)20-10-22(17(14)25)9-12(23)19-8-13(24)21-6-4-5-7-21/h10H,3-9H2,1-2H3,(H,19,23). The molecule has 10 heteroatoms. The number of carbonyl (C=O) groups excluding carboxylic acids is 3. The number of nitrogens with zero attached hydrogens (tertiary/aromatic N) is 3. The van der Waals surface area contributed by atoms with E-state index in [2.05, 4.69) is 10.3 Å². The third-order valence-electron chi connectivity index (χ3n) is 4.59. The Morgan fingerprint density at radius 1 is 1.29 bits per heavy atom. The maximum absolute atomic E-state index is 12.7. The SMILES string of the molecule is CCOC(=O)c1sc2ncn(CC(=O)NCC(=O)N3CCCC3)c(=O)c2c1C. The van der Waals surface area contributed by atoms with Gasteiger partial charge in [-0.3, -0.25) is 19.0 Å². The fraction of sp³-hybridized carbons (Fsp3) is 0.500. The Balaban J connectivity index is 1.72. The molecule has 150 valence electrons. The molecule has 0 saturated carbocycles. The van der Waals surface area contributed by atoms with E-state index in [1.54, 1.807) is 18.7 Å². The smallest absolute Gasteiger partial charge is 0.348 e. The molecule has 9 nitrogen and oxygen atoms in total. The molecular formula is C18H22N4O5S. The first-order valence-electron chi connectivity index (χ1n) is 9.12. The molecule has 0 aromatic carbocycles. The van der Waals surface area contributed by atoms with Gasteiger partial charge >= 0.3 is 5.97 Å². The highest BCUT2D eigenvalue weighted by molar-refractivity contribution is 7.20. The first kappa shape index (κ1) is 20.0. The monoisotopic (exact) mass is 406 g/mol. The Morgan fingerprint density at radius 3 is 2.68 bits per heavy atom. The highest BCUT2D eigenvalue weighted by atomic mass is 32.1. The summed E-state index contributed by atoms with van der Waals surface area (Å²) in [5.74, 6) is -1.07. The number of hydrogen-bond donors (Lipinski definition) is 1. The Kier molecular flexibility index (Phi) is 6.08. The Morgan fingerprint density at radius 2 is 2.00 bits per heavy atom. The minimum atomic E-state index is -0.493. The van der Waals surface area contributed by atoms with Crippen LogP contribution in [0.4, 0.5) is 0 Å². The molecule has 1 aliphatic rings. The van der Waals surface area contributed by atoms with Crippen molar-refractivity contribution in [1.82, 2.24) is 19.8 Å². The Hall–Kier alpha value is -2.75. The molecule has 1 fully saturated rings. The van der Waals surface area contributed by atoms with Gasteiger partial charge in [0.1, 0.15) is 16.3 Å². The second kappa shape index (κ2) is 8.51. The minimum absolute atomic E-state index is 0.0895. The summed E-state index contributed by atoms with van der Waals surface area (Å²) < 4.78 is 6.18. The van der Waals surface area contributed by atoms with Crippen LogP contribution in [-0.4, -0.2) is 58.5 Å². The third kappa shape index (κ3) is 4.06. The molecule has 2 aromatic rings. The van der Waals surface area contributed by atoms with Crippen LogP contribution < -0.4 is 10.9 Å². The quantitative estimate of drug-likeness (QED) is 0.707. The van der Waals surface area contributed by atoms with Gasteiger partial charge in [0.05, 0.1) is 24.9 Å². The van der Waals surface area contributed by atoms with E-state index in [1.165, 1.54) is 10.9 Å². The predicted molar refractivity (Wildman–Crippen MR) is 103 cm³/mol. The Bertz CT molecular complexity index is 974. The maximum atomic E-state index is 12.7. The van der Waals surface area contributed by atoms with Crippen LogP contribution in [0.15, 0.2) is 11.1 Å². The van der Waals surface area contributed by atoms with Crippen molar-refractivity contribution >= 4 is 39.3 Å². The van der Waals surface area contributed by atoms with Crippen molar-refractivity contribution in [2.75, 3.05) is 26.2 Å². The minimum Gasteiger partial charge on any atom is -0.462 e. The van der Waals surface area contributed by atoms with Crippen molar-refractivity contribution in [2.24, 2.45) is 0 Å². The molecule has 2 amide bonds. The fourth-order valence-electron chi connectivity index (χ4n) is 3.13. The van der Waals surface area contributed by atoms with Gasteiger partial charge in [0, 0.05) is 13.1 Å². The van der Waals surface area contributed by atoms with E-state index in [0.29, 0.717) is 20.7 Å². The number of carbonyl (C=O) groups is 3. The van der Waals surface area contributed by atoms with Crippen LogP contribution in [0.3, 0.4) is 0 Å². The van der Waals surface area contributed by atoms with Gasteiger partial charge in [-0.05, 0) is 32.3 Å². The maximum Gasteiger partial charge on any atom is 0.348 e. The number of amides is 2. The van der Waals surface area contributed by atoms with Crippen LogP contribution in [0.1, 0.15) is 35.0 Å². The van der Waals surface area contributed by atoms with Crippen LogP contribution >= 0.6 is 11.3 Å². The average Bonchev–Trinajstić information content (AvgIpc) is 3.31. The van der Waals surface area contributed by atoms with Crippen molar-refractivity contribution < 1.29 is 19.1 Å². The molecule has 1 aliphatic heterocycles. The summed E-state index contributed by atoms with van der Waals surface area (Å²) in [4.78, 5) is 55.6. The van der Waals surface area contributed by atoms with Crippen LogP contribution in [-0.2, 0) is 20.9 Å². The van der Waals surface area contributed by atoms with Gasteiger partial charge in [-0.2, -0.15) is 0 Å².